The Hall–Kier alpha value is -2.01. The molecule has 0 atom stereocenters. The second-order valence-electron chi connectivity index (χ2n) is 4.12. The number of hydrogen-bond acceptors (Lipinski definition) is 4. The molecule has 1 aliphatic rings. The van der Waals surface area contributed by atoms with E-state index >= 15 is 0 Å². The van der Waals surface area contributed by atoms with Crippen molar-refractivity contribution in [1.82, 2.24) is 9.97 Å². The highest BCUT2D eigenvalue weighted by Gasteiger charge is 2.06. The number of nitrogens with one attached hydrogen (secondary N) is 1. The molecule has 2 aromatic rings. The van der Waals surface area contributed by atoms with Crippen molar-refractivity contribution >= 4 is 23.9 Å². The Morgan fingerprint density at radius 1 is 1.42 bits per heavy atom. The number of rotatable bonds is 3. The summed E-state index contributed by atoms with van der Waals surface area (Å²) < 4.78 is 0. The molecule has 0 saturated carbocycles. The lowest BCUT2D eigenvalue weighted by Crippen LogP contribution is -2.10. The van der Waals surface area contributed by atoms with E-state index in [9.17, 15) is 5.11 Å². The molecule has 0 unspecified atom stereocenters. The molecule has 5 heteroatoms. The van der Waals surface area contributed by atoms with Gasteiger partial charge in [-0.1, -0.05) is 24.8 Å². The van der Waals surface area contributed by atoms with E-state index in [0.29, 0.717) is 5.69 Å². The third-order valence-corrected chi connectivity index (χ3v) is 3.56. The number of hydrogen-bond donors (Lipinski definition) is 2. The van der Waals surface area contributed by atoms with Gasteiger partial charge in [0, 0.05) is 11.8 Å². The summed E-state index contributed by atoms with van der Waals surface area (Å²) in [6.45, 7) is 2.05. The molecule has 1 aromatic carbocycles. The van der Waals surface area contributed by atoms with E-state index in [1.54, 1.807) is 18.0 Å². The van der Waals surface area contributed by atoms with Crippen LogP contribution in [-0.4, -0.2) is 20.8 Å². The second kappa shape index (κ2) is 4.93. The van der Waals surface area contributed by atoms with Crippen molar-refractivity contribution in [3.63, 3.8) is 0 Å². The first-order valence-electron chi connectivity index (χ1n) is 6.04. The highest BCUT2D eigenvalue weighted by molar-refractivity contribution is 7.99. The summed E-state index contributed by atoms with van der Waals surface area (Å²) in [6.07, 6.45) is 5.64. The fraction of sp³-hybridized carbons (Fsp3) is 0.143. The van der Waals surface area contributed by atoms with E-state index < -0.39 is 0 Å². The van der Waals surface area contributed by atoms with Gasteiger partial charge < -0.3 is 10.1 Å². The SMILES string of the molecule is CCSc1nc(O)c(/C=c2\ccc3c(c2)C=CN=3)[nH]1. The highest BCUT2D eigenvalue weighted by atomic mass is 32.2. The van der Waals surface area contributed by atoms with Crippen LogP contribution < -0.4 is 10.6 Å². The Bertz CT molecular complexity index is 761. The van der Waals surface area contributed by atoms with Crippen molar-refractivity contribution in [2.45, 2.75) is 12.1 Å². The minimum atomic E-state index is 0.0386. The maximum absolute atomic E-state index is 9.79. The summed E-state index contributed by atoms with van der Waals surface area (Å²) in [4.78, 5) is 11.4. The number of H-pyrrole nitrogens is 1. The molecule has 2 N–H and O–H groups in total. The Kier molecular flexibility index (Phi) is 3.13. The molecule has 4 nitrogen and oxygen atoms in total. The Labute approximate surface area is 114 Å². The van der Waals surface area contributed by atoms with Crippen LogP contribution in [0.4, 0.5) is 0 Å². The molecule has 0 radical (unpaired) electrons. The van der Waals surface area contributed by atoms with Gasteiger partial charge in [0.2, 0.25) is 5.88 Å². The predicted octanol–water partition coefficient (Wildman–Crippen LogP) is 1.66. The molecule has 19 heavy (non-hydrogen) atoms. The molecule has 3 rings (SSSR count). The van der Waals surface area contributed by atoms with E-state index in [0.717, 1.165) is 27.0 Å². The number of aromatic nitrogens is 2. The van der Waals surface area contributed by atoms with E-state index in [4.69, 9.17) is 0 Å². The molecule has 0 spiro atoms. The number of imidazole rings is 1. The molecule has 2 heterocycles. The second-order valence-corrected chi connectivity index (χ2v) is 5.37. The summed E-state index contributed by atoms with van der Waals surface area (Å²) in [5.74, 6) is 0.953. The molecular weight excluding hydrogens is 258 g/mol. The van der Waals surface area contributed by atoms with Crippen molar-refractivity contribution in [1.29, 1.82) is 0 Å². The topological polar surface area (TPSA) is 61.3 Å². The van der Waals surface area contributed by atoms with E-state index in [2.05, 4.69) is 15.0 Å². The van der Waals surface area contributed by atoms with Crippen molar-refractivity contribution in [2.75, 3.05) is 5.75 Å². The molecule has 1 aliphatic heterocycles. The van der Waals surface area contributed by atoms with Crippen LogP contribution in [0.15, 0.2) is 34.5 Å². The number of benzene rings is 1. The fourth-order valence-corrected chi connectivity index (χ4v) is 2.55. The lowest BCUT2D eigenvalue weighted by Gasteiger charge is -1.92. The Morgan fingerprint density at radius 3 is 3.16 bits per heavy atom. The zero-order valence-corrected chi connectivity index (χ0v) is 11.2. The third-order valence-electron chi connectivity index (χ3n) is 2.80. The molecule has 0 bridgehead atoms. The zero-order chi connectivity index (χ0) is 13.2. The number of fused-ring (bicyclic) bond motifs is 1. The average molecular weight is 271 g/mol. The van der Waals surface area contributed by atoms with Gasteiger partial charge in [-0.05, 0) is 35.3 Å². The van der Waals surface area contributed by atoms with Gasteiger partial charge in [-0.2, -0.15) is 4.98 Å². The van der Waals surface area contributed by atoms with Gasteiger partial charge in [0.15, 0.2) is 5.16 Å². The van der Waals surface area contributed by atoms with Gasteiger partial charge in [0.1, 0.15) is 5.69 Å². The first-order chi connectivity index (χ1) is 9.26. The normalized spacial score (nSPS) is 13.6. The standard InChI is InChI=1S/C14H13N3OS/c1-2-19-14-16-12(13(18)17-14)8-9-3-4-11-10(7-9)5-6-15-11/h3-8,18H,2H2,1H3,(H,16,17)/b9-8+. The fourth-order valence-electron chi connectivity index (χ4n) is 1.94. The van der Waals surface area contributed by atoms with Gasteiger partial charge in [0.25, 0.3) is 0 Å². The smallest absolute Gasteiger partial charge is 0.237 e. The molecule has 0 aliphatic carbocycles. The van der Waals surface area contributed by atoms with Crippen molar-refractivity contribution in [2.24, 2.45) is 4.99 Å². The van der Waals surface area contributed by atoms with Crippen LogP contribution in [0, 0.1) is 0 Å². The predicted molar refractivity (Wildman–Crippen MR) is 76.5 cm³/mol. The summed E-state index contributed by atoms with van der Waals surface area (Å²) in [6, 6.07) is 5.98. The maximum Gasteiger partial charge on any atom is 0.237 e. The quantitative estimate of drug-likeness (QED) is 0.835. The first-order valence-corrected chi connectivity index (χ1v) is 7.03. The van der Waals surface area contributed by atoms with Crippen LogP contribution in [0.5, 0.6) is 5.88 Å². The van der Waals surface area contributed by atoms with Crippen LogP contribution in [-0.2, 0) is 0 Å². The van der Waals surface area contributed by atoms with E-state index in [-0.39, 0.29) is 5.88 Å². The molecule has 0 fully saturated rings. The van der Waals surface area contributed by atoms with Gasteiger partial charge in [-0.3, -0.25) is 4.99 Å². The number of aromatic hydroxyl groups is 1. The first kappa shape index (κ1) is 12.0. The van der Waals surface area contributed by atoms with Crippen LogP contribution in [0.3, 0.4) is 0 Å². The van der Waals surface area contributed by atoms with Crippen LogP contribution in [0.25, 0.3) is 12.2 Å². The molecule has 96 valence electrons. The number of aromatic amines is 1. The number of thioether (sulfide) groups is 1. The summed E-state index contributed by atoms with van der Waals surface area (Å²) in [5, 5.41) is 12.5. The molecule has 0 saturated heterocycles. The van der Waals surface area contributed by atoms with Crippen LogP contribution >= 0.6 is 11.8 Å². The zero-order valence-electron chi connectivity index (χ0n) is 10.4. The summed E-state index contributed by atoms with van der Waals surface area (Å²) in [5.41, 5.74) is 1.73. The van der Waals surface area contributed by atoms with Gasteiger partial charge in [0.05, 0.1) is 5.36 Å². The lowest BCUT2D eigenvalue weighted by atomic mass is 10.1. The maximum atomic E-state index is 9.79. The summed E-state index contributed by atoms with van der Waals surface area (Å²) >= 11 is 1.57. The molecule has 1 aromatic heterocycles. The number of nitrogens with zero attached hydrogens (tertiary/aromatic N) is 2. The molecule has 0 amide bonds. The summed E-state index contributed by atoms with van der Waals surface area (Å²) in [7, 11) is 0. The van der Waals surface area contributed by atoms with Gasteiger partial charge >= 0.3 is 0 Å². The molecular formula is C14H13N3OS. The van der Waals surface area contributed by atoms with Crippen molar-refractivity contribution in [3.05, 3.63) is 46.2 Å². The van der Waals surface area contributed by atoms with Crippen LogP contribution in [0.1, 0.15) is 18.2 Å². The van der Waals surface area contributed by atoms with Crippen molar-refractivity contribution in [3.8, 4) is 5.88 Å². The van der Waals surface area contributed by atoms with Gasteiger partial charge in [-0.25, -0.2) is 0 Å². The Balaban J connectivity index is 2.02. The Morgan fingerprint density at radius 2 is 2.32 bits per heavy atom. The monoisotopic (exact) mass is 271 g/mol. The largest absolute Gasteiger partial charge is 0.492 e. The van der Waals surface area contributed by atoms with Gasteiger partial charge in [-0.15, -0.1) is 0 Å². The van der Waals surface area contributed by atoms with E-state index in [1.165, 1.54) is 0 Å². The minimum Gasteiger partial charge on any atom is -0.492 e. The lowest BCUT2D eigenvalue weighted by molar-refractivity contribution is 0.453. The average Bonchev–Trinajstić information content (AvgIpc) is 2.97. The van der Waals surface area contributed by atoms with Crippen molar-refractivity contribution < 1.29 is 5.11 Å². The minimum absolute atomic E-state index is 0.0386. The van der Waals surface area contributed by atoms with E-state index in [1.807, 2.05) is 37.3 Å². The highest BCUT2D eigenvalue weighted by Crippen LogP contribution is 2.21. The third kappa shape index (κ3) is 2.42. The van der Waals surface area contributed by atoms with Crippen LogP contribution in [0.2, 0.25) is 0 Å².